The number of nitrogens with one attached hydrogen (secondary N) is 2. The highest BCUT2D eigenvalue weighted by atomic mass is 19.1. The Morgan fingerprint density at radius 3 is 2.89 bits per heavy atom. The van der Waals surface area contributed by atoms with Crippen LogP contribution >= 0.6 is 0 Å². The van der Waals surface area contributed by atoms with E-state index in [2.05, 4.69) is 15.5 Å². The van der Waals surface area contributed by atoms with Gasteiger partial charge in [0.15, 0.2) is 0 Å². The molecular formula is C10H7FN4O3. The molecule has 1 aromatic heterocycles. The molecule has 0 aliphatic rings. The molecule has 2 rings (SSSR count). The Morgan fingerprint density at radius 2 is 2.28 bits per heavy atom. The van der Waals surface area contributed by atoms with Crippen LogP contribution < -0.4 is 5.32 Å². The van der Waals surface area contributed by atoms with Crippen LogP contribution in [0, 0.1) is 15.9 Å². The number of halogens is 1. The van der Waals surface area contributed by atoms with Crippen molar-refractivity contribution in [2.75, 3.05) is 5.32 Å². The van der Waals surface area contributed by atoms with E-state index < -0.39 is 16.6 Å². The van der Waals surface area contributed by atoms with Gasteiger partial charge in [0.05, 0.1) is 22.4 Å². The number of carbonyl (C=O) groups is 1. The van der Waals surface area contributed by atoms with Gasteiger partial charge in [-0.3, -0.25) is 20.0 Å². The van der Waals surface area contributed by atoms with Crippen molar-refractivity contribution in [3.63, 3.8) is 0 Å². The van der Waals surface area contributed by atoms with Gasteiger partial charge in [0.2, 0.25) is 0 Å². The molecule has 0 fully saturated rings. The quantitative estimate of drug-likeness (QED) is 0.639. The summed E-state index contributed by atoms with van der Waals surface area (Å²) in [5.74, 6) is -1.36. The number of aromatic amines is 1. The van der Waals surface area contributed by atoms with Gasteiger partial charge in [-0.05, 0) is 6.07 Å². The van der Waals surface area contributed by atoms with Gasteiger partial charge in [0.25, 0.3) is 11.6 Å². The second kappa shape index (κ2) is 4.62. The zero-order chi connectivity index (χ0) is 13.1. The van der Waals surface area contributed by atoms with E-state index in [1.807, 2.05) is 0 Å². The Balaban J connectivity index is 2.26. The van der Waals surface area contributed by atoms with Crippen LogP contribution in [0.25, 0.3) is 0 Å². The predicted octanol–water partition coefficient (Wildman–Crippen LogP) is 1.71. The fourth-order valence-electron chi connectivity index (χ4n) is 1.29. The highest BCUT2D eigenvalue weighted by Gasteiger charge is 2.14. The van der Waals surface area contributed by atoms with Gasteiger partial charge in [-0.25, -0.2) is 4.39 Å². The summed E-state index contributed by atoms with van der Waals surface area (Å²) in [5.41, 5.74) is -0.366. The molecule has 0 bridgehead atoms. The molecule has 18 heavy (non-hydrogen) atoms. The topological polar surface area (TPSA) is 101 Å². The summed E-state index contributed by atoms with van der Waals surface area (Å²) in [6.07, 6.45) is 2.58. The Morgan fingerprint density at radius 1 is 1.50 bits per heavy atom. The number of nitro benzene ring substituents is 1. The van der Waals surface area contributed by atoms with Crippen LogP contribution in [0.2, 0.25) is 0 Å². The van der Waals surface area contributed by atoms with Gasteiger partial charge >= 0.3 is 0 Å². The molecule has 1 heterocycles. The molecule has 0 unspecified atom stereocenters. The lowest BCUT2D eigenvalue weighted by Crippen LogP contribution is -2.12. The number of nitro groups is 1. The Hall–Kier alpha value is -2.77. The fraction of sp³-hybridized carbons (Fsp3) is 0. The summed E-state index contributed by atoms with van der Waals surface area (Å²) >= 11 is 0. The van der Waals surface area contributed by atoms with Gasteiger partial charge in [-0.15, -0.1) is 0 Å². The molecule has 7 nitrogen and oxygen atoms in total. The van der Waals surface area contributed by atoms with E-state index in [1.54, 1.807) is 0 Å². The fourth-order valence-corrected chi connectivity index (χ4v) is 1.29. The average molecular weight is 250 g/mol. The Bertz CT molecular complexity index is 597. The van der Waals surface area contributed by atoms with Gasteiger partial charge in [0.1, 0.15) is 5.82 Å². The van der Waals surface area contributed by atoms with Crippen LogP contribution in [0.1, 0.15) is 10.4 Å². The molecule has 0 radical (unpaired) electrons. The molecule has 2 N–H and O–H groups in total. The summed E-state index contributed by atoms with van der Waals surface area (Å²) in [6.45, 7) is 0. The minimum atomic E-state index is -0.752. The van der Waals surface area contributed by atoms with Crippen molar-refractivity contribution in [2.45, 2.75) is 0 Å². The van der Waals surface area contributed by atoms with Gasteiger partial charge in [-0.1, -0.05) is 0 Å². The van der Waals surface area contributed by atoms with Crippen LogP contribution in [0.4, 0.5) is 15.8 Å². The number of non-ortho nitro benzene ring substituents is 1. The third kappa shape index (κ3) is 2.32. The number of nitrogens with zero attached hydrogens (tertiary/aromatic N) is 2. The molecule has 0 aliphatic heterocycles. The molecule has 2 aromatic rings. The third-order valence-electron chi connectivity index (χ3n) is 2.17. The SMILES string of the molecule is O=C(Nc1cc([N+](=O)[O-])ccc1F)c1cn[nH]c1. The van der Waals surface area contributed by atoms with Crippen molar-refractivity contribution in [3.05, 3.63) is 52.1 Å². The van der Waals surface area contributed by atoms with Crippen molar-refractivity contribution in [2.24, 2.45) is 0 Å². The van der Waals surface area contributed by atoms with E-state index in [0.29, 0.717) is 0 Å². The summed E-state index contributed by atoms with van der Waals surface area (Å²) in [7, 11) is 0. The first kappa shape index (κ1) is 11.7. The number of benzene rings is 1. The molecule has 0 aliphatic carbocycles. The number of hydrogen-bond acceptors (Lipinski definition) is 4. The molecule has 1 amide bonds. The lowest BCUT2D eigenvalue weighted by Gasteiger charge is -2.04. The molecule has 0 saturated carbocycles. The number of anilines is 1. The summed E-state index contributed by atoms with van der Waals surface area (Å²) in [5, 5.41) is 18.8. The van der Waals surface area contributed by atoms with Crippen molar-refractivity contribution >= 4 is 17.3 Å². The first-order chi connectivity index (χ1) is 8.58. The van der Waals surface area contributed by atoms with E-state index in [9.17, 15) is 19.3 Å². The van der Waals surface area contributed by atoms with Crippen LogP contribution in [0.15, 0.2) is 30.6 Å². The smallest absolute Gasteiger partial charge is 0.271 e. The zero-order valence-electron chi connectivity index (χ0n) is 8.88. The second-order valence-corrected chi connectivity index (χ2v) is 3.36. The lowest BCUT2D eigenvalue weighted by atomic mass is 10.2. The summed E-state index contributed by atoms with van der Waals surface area (Å²) in [6, 6.07) is 2.89. The minimum Gasteiger partial charge on any atom is -0.319 e. The second-order valence-electron chi connectivity index (χ2n) is 3.36. The van der Waals surface area contributed by atoms with Gasteiger partial charge < -0.3 is 5.32 Å². The van der Waals surface area contributed by atoms with Gasteiger partial charge in [-0.2, -0.15) is 5.10 Å². The number of rotatable bonds is 3. The first-order valence-corrected chi connectivity index (χ1v) is 4.82. The molecule has 0 atom stereocenters. The van der Waals surface area contributed by atoms with E-state index in [1.165, 1.54) is 12.4 Å². The minimum absolute atomic E-state index is 0.195. The molecule has 1 aromatic carbocycles. The molecule has 0 spiro atoms. The number of aromatic nitrogens is 2. The standard InChI is InChI=1S/C10H7FN4O3/c11-8-2-1-7(15(17)18)3-9(8)14-10(16)6-4-12-13-5-6/h1-5H,(H,12,13)(H,14,16). The number of carbonyl (C=O) groups excluding carboxylic acids is 1. The van der Waals surface area contributed by atoms with Gasteiger partial charge in [0, 0.05) is 18.3 Å². The first-order valence-electron chi connectivity index (χ1n) is 4.82. The van der Waals surface area contributed by atoms with Crippen molar-refractivity contribution in [1.29, 1.82) is 0 Å². The maximum Gasteiger partial charge on any atom is 0.271 e. The maximum absolute atomic E-state index is 13.4. The van der Waals surface area contributed by atoms with E-state index in [4.69, 9.17) is 0 Å². The van der Waals surface area contributed by atoms with Crippen molar-refractivity contribution in [3.8, 4) is 0 Å². The lowest BCUT2D eigenvalue weighted by molar-refractivity contribution is -0.384. The third-order valence-corrected chi connectivity index (χ3v) is 2.17. The normalized spacial score (nSPS) is 10.1. The van der Waals surface area contributed by atoms with Crippen LogP contribution in [-0.4, -0.2) is 21.0 Å². The Labute approximate surface area is 99.8 Å². The van der Waals surface area contributed by atoms with E-state index in [-0.39, 0.29) is 16.9 Å². The molecule has 8 heteroatoms. The predicted molar refractivity (Wildman–Crippen MR) is 59.6 cm³/mol. The summed E-state index contributed by atoms with van der Waals surface area (Å²) in [4.78, 5) is 21.5. The average Bonchev–Trinajstić information content (AvgIpc) is 2.85. The number of hydrogen-bond donors (Lipinski definition) is 2. The molecule has 92 valence electrons. The Kier molecular flexibility index (Phi) is 3.00. The van der Waals surface area contributed by atoms with Crippen LogP contribution in [0.3, 0.4) is 0 Å². The monoisotopic (exact) mass is 250 g/mol. The largest absolute Gasteiger partial charge is 0.319 e. The maximum atomic E-state index is 13.4. The zero-order valence-corrected chi connectivity index (χ0v) is 8.88. The van der Waals surface area contributed by atoms with Crippen LogP contribution in [-0.2, 0) is 0 Å². The van der Waals surface area contributed by atoms with Crippen molar-refractivity contribution < 1.29 is 14.1 Å². The highest BCUT2D eigenvalue weighted by Crippen LogP contribution is 2.21. The highest BCUT2D eigenvalue weighted by molar-refractivity contribution is 6.04. The van der Waals surface area contributed by atoms with Crippen LogP contribution in [0.5, 0.6) is 0 Å². The van der Waals surface area contributed by atoms with E-state index >= 15 is 0 Å². The van der Waals surface area contributed by atoms with Crippen molar-refractivity contribution in [1.82, 2.24) is 10.2 Å². The molecule has 0 saturated heterocycles. The number of amides is 1. The summed E-state index contributed by atoms with van der Waals surface area (Å²) < 4.78 is 13.4. The number of H-pyrrole nitrogens is 1. The molecular weight excluding hydrogens is 243 g/mol. The van der Waals surface area contributed by atoms with E-state index in [0.717, 1.165) is 18.2 Å².